The van der Waals surface area contributed by atoms with Crippen LogP contribution in [0.1, 0.15) is 49.9 Å². The molecule has 0 aromatic heterocycles. The summed E-state index contributed by atoms with van der Waals surface area (Å²) < 4.78 is 38.2. The fourth-order valence-electron chi connectivity index (χ4n) is 4.37. The zero-order chi connectivity index (χ0) is 19.5. The molecule has 0 unspecified atom stereocenters. The van der Waals surface area contributed by atoms with Gasteiger partial charge in [-0.2, -0.15) is 0 Å². The van der Waals surface area contributed by atoms with E-state index in [0.29, 0.717) is 19.8 Å². The van der Waals surface area contributed by atoms with Crippen LogP contribution in [0.5, 0.6) is 0 Å². The van der Waals surface area contributed by atoms with E-state index in [1.807, 2.05) is 0 Å². The molecule has 0 atom stereocenters. The van der Waals surface area contributed by atoms with Crippen LogP contribution in [0.15, 0.2) is 18.2 Å². The predicted octanol–water partition coefficient (Wildman–Crippen LogP) is 3.09. The van der Waals surface area contributed by atoms with Gasteiger partial charge < -0.3 is 14.8 Å². The SMILES string of the molecule is CCN(CC)C1(CNC(=O)c2ccc(F)c(F)c2)CCC2(CC1)OCCO2. The number of carbonyl (C=O) groups is 1. The van der Waals surface area contributed by atoms with Gasteiger partial charge in [0.25, 0.3) is 5.91 Å². The first kappa shape index (κ1) is 20.2. The Morgan fingerprint density at radius 2 is 1.70 bits per heavy atom. The van der Waals surface area contributed by atoms with E-state index in [0.717, 1.165) is 50.9 Å². The number of carbonyl (C=O) groups excluding carboxylic acids is 1. The summed E-state index contributed by atoms with van der Waals surface area (Å²) in [5.74, 6) is -2.84. The molecule has 1 aliphatic carbocycles. The van der Waals surface area contributed by atoms with E-state index < -0.39 is 23.3 Å². The summed E-state index contributed by atoms with van der Waals surface area (Å²) in [4.78, 5) is 14.8. The average Bonchev–Trinajstić information content (AvgIpc) is 3.13. The number of benzene rings is 1. The minimum absolute atomic E-state index is 0.123. The van der Waals surface area contributed by atoms with Gasteiger partial charge in [0.05, 0.1) is 13.2 Å². The van der Waals surface area contributed by atoms with Crippen LogP contribution in [0, 0.1) is 11.6 Å². The van der Waals surface area contributed by atoms with Gasteiger partial charge in [-0.15, -0.1) is 0 Å². The number of hydrogen-bond donors (Lipinski definition) is 1. The summed E-state index contributed by atoms with van der Waals surface area (Å²) in [5.41, 5.74) is -0.0727. The molecule has 1 aromatic carbocycles. The van der Waals surface area contributed by atoms with Gasteiger partial charge in [0.2, 0.25) is 0 Å². The van der Waals surface area contributed by atoms with E-state index in [9.17, 15) is 13.6 Å². The second-order valence-corrected chi connectivity index (χ2v) is 7.32. The van der Waals surface area contributed by atoms with E-state index in [2.05, 4.69) is 24.1 Å². The number of amides is 1. The van der Waals surface area contributed by atoms with Crippen LogP contribution in [-0.2, 0) is 9.47 Å². The third-order valence-corrected chi connectivity index (χ3v) is 5.95. The second kappa shape index (κ2) is 8.20. The van der Waals surface area contributed by atoms with Crippen molar-refractivity contribution in [2.24, 2.45) is 0 Å². The molecule has 0 bridgehead atoms. The zero-order valence-electron chi connectivity index (χ0n) is 16.0. The van der Waals surface area contributed by atoms with Crippen LogP contribution in [0.4, 0.5) is 8.78 Å². The fraction of sp³-hybridized carbons (Fsp3) is 0.650. The first-order valence-corrected chi connectivity index (χ1v) is 9.70. The zero-order valence-corrected chi connectivity index (χ0v) is 16.0. The molecule has 7 heteroatoms. The Labute approximate surface area is 159 Å². The van der Waals surface area contributed by atoms with E-state index in [4.69, 9.17) is 9.47 Å². The molecule has 1 aromatic rings. The monoisotopic (exact) mass is 382 g/mol. The smallest absolute Gasteiger partial charge is 0.251 e. The first-order chi connectivity index (χ1) is 12.9. The van der Waals surface area contributed by atoms with Gasteiger partial charge in [-0.25, -0.2) is 8.78 Å². The quantitative estimate of drug-likeness (QED) is 0.822. The van der Waals surface area contributed by atoms with Gasteiger partial charge in [-0.05, 0) is 44.1 Å². The molecule has 1 saturated carbocycles. The maximum atomic E-state index is 13.4. The Hall–Kier alpha value is -1.57. The van der Waals surface area contributed by atoms with Gasteiger partial charge in [-0.1, -0.05) is 13.8 Å². The van der Waals surface area contributed by atoms with E-state index >= 15 is 0 Å². The van der Waals surface area contributed by atoms with E-state index in [1.165, 1.54) is 6.07 Å². The van der Waals surface area contributed by atoms with Crippen LogP contribution in [-0.4, -0.2) is 55.0 Å². The van der Waals surface area contributed by atoms with Crippen LogP contribution in [0.2, 0.25) is 0 Å². The third-order valence-electron chi connectivity index (χ3n) is 5.95. The normalized spacial score (nSPS) is 20.9. The maximum Gasteiger partial charge on any atom is 0.251 e. The van der Waals surface area contributed by atoms with Crippen molar-refractivity contribution in [1.29, 1.82) is 0 Å². The molecule has 2 aliphatic rings. The minimum Gasteiger partial charge on any atom is -0.350 e. The largest absolute Gasteiger partial charge is 0.350 e. The van der Waals surface area contributed by atoms with Crippen molar-refractivity contribution >= 4 is 5.91 Å². The average molecular weight is 382 g/mol. The lowest BCUT2D eigenvalue weighted by molar-refractivity contribution is -0.193. The molecule has 1 amide bonds. The molecule has 1 spiro atoms. The van der Waals surface area contributed by atoms with Gasteiger partial charge in [0, 0.05) is 30.5 Å². The summed E-state index contributed by atoms with van der Waals surface area (Å²) in [6, 6.07) is 3.21. The van der Waals surface area contributed by atoms with Crippen molar-refractivity contribution in [3.05, 3.63) is 35.4 Å². The first-order valence-electron chi connectivity index (χ1n) is 9.70. The van der Waals surface area contributed by atoms with Crippen molar-refractivity contribution in [3.63, 3.8) is 0 Å². The highest BCUT2D eigenvalue weighted by molar-refractivity contribution is 5.94. The molecule has 0 radical (unpaired) electrons. The molecular weight excluding hydrogens is 354 g/mol. The predicted molar refractivity (Wildman–Crippen MR) is 97.4 cm³/mol. The maximum absolute atomic E-state index is 13.4. The molecule has 1 N–H and O–H groups in total. The third kappa shape index (κ3) is 4.15. The number of hydrogen-bond acceptors (Lipinski definition) is 4. The molecule has 27 heavy (non-hydrogen) atoms. The fourth-order valence-corrected chi connectivity index (χ4v) is 4.37. The number of nitrogens with one attached hydrogen (secondary N) is 1. The van der Waals surface area contributed by atoms with Crippen molar-refractivity contribution < 1.29 is 23.0 Å². The van der Waals surface area contributed by atoms with Crippen LogP contribution in [0.3, 0.4) is 0 Å². The molecule has 1 saturated heterocycles. The molecule has 2 fully saturated rings. The van der Waals surface area contributed by atoms with E-state index in [-0.39, 0.29) is 11.1 Å². The molecule has 5 nitrogen and oxygen atoms in total. The van der Waals surface area contributed by atoms with E-state index in [1.54, 1.807) is 0 Å². The Morgan fingerprint density at radius 3 is 2.26 bits per heavy atom. The van der Waals surface area contributed by atoms with Crippen molar-refractivity contribution in [2.45, 2.75) is 50.9 Å². The Bertz CT molecular complexity index is 663. The highest BCUT2D eigenvalue weighted by Gasteiger charge is 2.48. The Kier molecular flexibility index (Phi) is 6.13. The summed E-state index contributed by atoms with van der Waals surface area (Å²) in [6.45, 7) is 7.65. The second-order valence-electron chi connectivity index (χ2n) is 7.32. The van der Waals surface area contributed by atoms with Crippen LogP contribution < -0.4 is 5.32 Å². The molecule has 3 rings (SSSR count). The summed E-state index contributed by atoms with van der Waals surface area (Å²) >= 11 is 0. The van der Waals surface area contributed by atoms with Crippen molar-refractivity contribution in [2.75, 3.05) is 32.8 Å². The molecule has 150 valence electrons. The lowest BCUT2D eigenvalue weighted by atomic mass is 9.77. The Balaban J connectivity index is 1.70. The van der Waals surface area contributed by atoms with Crippen molar-refractivity contribution in [1.82, 2.24) is 10.2 Å². The summed E-state index contributed by atoms with van der Waals surface area (Å²) in [7, 11) is 0. The lowest BCUT2D eigenvalue weighted by Crippen LogP contribution is -2.59. The topological polar surface area (TPSA) is 50.8 Å². The highest BCUT2D eigenvalue weighted by Crippen LogP contribution is 2.42. The molecule has 1 heterocycles. The molecule has 1 aliphatic heterocycles. The van der Waals surface area contributed by atoms with Gasteiger partial charge in [-0.3, -0.25) is 9.69 Å². The Morgan fingerprint density at radius 1 is 1.07 bits per heavy atom. The number of nitrogens with zero attached hydrogens (tertiary/aromatic N) is 1. The molecular formula is C20H28F2N2O3. The lowest BCUT2D eigenvalue weighted by Gasteiger charge is -2.49. The highest BCUT2D eigenvalue weighted by atomic mass is 19.2. The number of rotatable bonds is 6. The number of halogens is 2. The summed E-state index contributed by atoms with van der Waals surface area (Å²) in [6.07, 6.45) is 3.24. The van der Waals surface area contributed by atoms with Crippen molar-refractivity contribution in [3.8, 4) is 0 Å². The van der Waals surface area contributed by atoms with Gasteiger partial charge in [0.15, 0.2) is 17.4 Å². The van der Waals surface area contributed by atoms with Crippen LogP contribution in [0.25, 0.3) is 0 Å². The van der Waals surface area contributed by atoms with Gasteiger partial charge >= 0.3 is 0 Å². The van der Waals surface area contributed by atoms with Gasteiger partial charge in [0.1, 0.15) is 0 Å². The summed E-state index contributed by atoms with van der Waals surface area (Å²) in [5, 5.41) is 2.93. The number of likely N-dealkylation sites (N-methyl/N-ethyl adjacent to an activating group) is 1. The van der Waals surface area contributed by atoms with Crippen LogP contribution >= 0.6 is 0 Å². The minimum atomic E-state index is -1.02. The number of ether oxygens (including phenoxy) is 2. The standard InChI is InChI=1S/C20H28F2N2O3/c1-3-24(4-2)19(7-9-20(10-8-19)26-11-12-27-20)14-23-18(25)15-5-6-16(21)17(22)13-15/h5-6,13H,3-4,7-12,14H2,1-2H3,(H,23,25).